The number of rotatable bonds is 8. The van der Waals surface area contributed by atoms with Gasteiger partial charge in [-0.2, -0.15) is 4.31 Å². The number of carbonyl (C=O) groups excluding carboxylic acids is 1. The Balaban J connectivity index is 2.07. The van der Waals surface area contributed by atoms with Crippen LogP contribution < -0.4 is 4.74 Å². The van der Waals surface area contributed by atoms with Crippen molar-refractivity contribution in [1.82, 2.24) is 4.31 Å². The highest BCUT2D eigenvalue weighted by molar-refractivity contribution is 7.89. The summed E-state index contributed by atoms with van der Waals surface area (Å²) in [6.45, 7) is 3.02. The largest absolute Gasteiger partial charge is 0.573 e. The molecule has 0 radical (unpaired) electrons. The average molecular weight is 516 g/mol. The molecule has 1 heterocycles. The van der Waals surface area contributed by atoms with Gasteiger partial charge in [-0.3, -0.25) is 14.9 Å². The van der Waals surface area contributed by atoms with Crippen LogP contribution in [-0.4, -0.2) is 49.2 Å². The first-order chi connectivity index (χ1) is 16.3. The highest BCUT2D eigenvalue weighted by atomic mass is 32.2. The van der Waals surface area contributed by atoms with Gasteiger partial charge in [0, 0.05) is 11.5 Å². The summed E-state index contributed by atoms with van der Waals surface area (Å²) < 4.78 is 74.3. The maximum Gasteiger partial charge on any atom is 0.573 e. The summed E-state index contributed by atoms with van der Waals surface area (Å²) in [5, 5.41) is 12.1. The van der Waals surface area contributed by atoms with Gasteiger partial charge in [-0.25, -0.2) is 8.42 Å². The van der Waals surface area contributed by atoms with Crippen molar-refractivity contribution in [2.45, 2.75) is 43.6 Å². The van der Waals surface area contributed by atoms with Crippen LogP contribution in [0.25, 0.3) is 0 Å². The van der Waals surface area contributed by atoms with Crippen LogP contribution in [0, 0.1) is 23.0 Å². The van der Waals surface area contributed by atoms with E-state index in [0.717, 1.165) is 34.1 Å². The topological polar surface area (TPSA) is 116 Å². The highest BCUT2D eigenvalue weighted by Gasteiger charge is 2.55. The van der Waals surface area contributed by atoms with Gasteiger partial charge in [0.25, 0.3) is 0 Å². The summed E-state index contributed by atoms with van der Waals surface area (Å²) >= 11 is 0. The third-order valence-electron chi connectivity index (χ3n) is 5.59. The van der Waals surface area contributed by atoms with E-state index in [-0.39, 0.29) is 23.6 Å². The number of benzene rings is 2. The fourth-order valence-electron chi connectivity index (χ4n) is 4.11. The summed E-state index contributed by atoms with van der Waals surface area (Å²) in [5.41, 5.74) is 0.883. The minimum absolute atomic E-state index is 0.0458. The third kappa shape index (κ3) is 6.09. The van der Waals surface area contributed by atoms with E-state index in [9.17, 15) is 36.5 Å². The maximum absolute atomic E-state index is 13.5. The molecular weight excluding hydrogens is 493 g/mol. The van der Waals surface area contributed by atoms with Crippen molar-refractivity contribution in [1.29, 1.82) is 0 Å². The van der Waals surface area contributed by atoms with Crippen molar-refractivity contribution in [3.63, 3.8) is 0 Å². The van der Waals surface area contributed by atoms with Crippen LogP contribution in [0.2, 0.25) is 0 Å². The third-order valence-corrected chi connectivity index (χ3v) is 7.45. The van der Waals surface area contributed by atoms with Crippen molar-refractivity contribution >= 4 is 16.0 Å². The summed E-state index contributed by atoms with van der Waals surface area (Å²) in [6, 6.07) is 7.14. The molecule has 0 N–H and O–H groups in total. The number of esters is 1. The second kappa shape index (κ2) is 10.2. The number of hydrogen-bond acceptors (Lipinski definition) is 7. The molecule has 0 saturated carbocycles. The smallest absolute Gasteiger partial charge is 0.466 e. The number of nitro groups is 1. The zero-order valence-corrected chi connectivity index (χ0v) is 19.6. The molecular formula is C22H23F3N2O7S. The van der Waals surface area contributed by atoms with Gasteiger partial charge >= 0.3 is 12.3 Å². The van der Waals surface area contributed by atoms with Crippen LogP contribution >= 0.6 is 0 Å². The number of sulfonamides is 1. The summed E-state index contributed by atoms with van der Waals surface area (Å²) in [4.78, 5) is 23.4. The molecule has 3 rings (SSSR count). The molecule has 35 heavy (non-hydrogen) atoms. The number of ether oxygens (including phenoxy) is 2. The first-order valence-electron chi connectivity index (χ1n) is 10.6. The van der Waals surface area contributed by atoms with E-state index in [4.69, 9.17) is 4.74 Å². The van der Waals surface area contributed by atoms with Crippen LogP contribution in [0.3, 0.4) is 0 Å². The normalized spacial score (nSPS) is 21.0. The predicted molar refractivity (Wildman–Crippen MR) is 116 cm³/mol. The molecule has 190 valence electrons. The van der Waals surface area contributed by atoms with Crippen molar-refractivity contribution in [2.24, 2.45) is 5.92 Å². The van der Waals surface area contributed by atoms with Gasteiger partial charge in [-0.15, -0.1) is 13.2 Å². The lowest BCUT2D eigenvalue weighted by Gasteiger charge is -2.25. The molecule has 1 saturated heterocycles. The van der Waals surface area contributed by atoms with Gasteiger partial charge in [0.15, 0.2) is 0 Å². The number of carbonyl (C=O) groups is 1. The van der Waals surface area contributed by atoms with Crippen molar-refractivity contribution < 1.29 is 40.8 Å². The molecule has 1 fully saturated rings. The number of hydrogen-bond donors (Lipinski definition) is 0. The summed E-state index contributed by atoms with van der Waals surface area (Å²) in [6.07, 6.45) is -5.34. The molecule has 0 bridgehead atoms. The Kier molecular flexibility index (Phi) is 7.70. The summed E-state index contributed by atoms with van der Waals surface area (Å²) in [7, 11) is -4.27. The minimum Gasteiger partial charge on any atom is -0.466 e. The van der Waals surface area contributed by atoms with E-state index < -0.39 is 57.5 Å². The number of halogens is 3. The van der Waals surface area contributed by atoms with E-state index in [1.807, 2.05) is 0 Å². The lowest BCUT2D eigenvalue weighted by Crippen LogP contribution is -2.36. The van der Waals surface area contributed by atoms with Crippen LogP contribution in [0.5, 0.6) is 5.75 Å². The Labute approximate surface area is 199 Å². The molecule has 2 aromatic rings. The fourth-order valence-corrected chi connectivity index (χ4v) is 5.79. The standard InChI is InChI=1S/C22H23F3N2O7S/c1-3-33-19(28)12-16-13-26(35(31,32)18-10-4-14(2)5-11-18)20(21(16)27(29)30)15-6-8-17(9-7-15)34-22(23,24)25/h4-11,16,20-21H,3,12-13H2,1-2H3/t16-,20-,21+/m1/s1. The van der Waals surface area contributed by atoms with E-state index in [1.54, 1.807) is 26.0 Å². The van der Waals surface area contributed by atoms with Crippen molar-refractivity contribution in [3.05, 3.63) is 69.8 Å². The van der Waals surface area contributed by atoms with Crippen LogP contribution in [-0.2, 0) is 19.6 Å². The Morgan fingerprint density at radius 3 is 2.26 bits per heavy atom. The molecule has 0 aromatic heterocycles. The Hall–Kier alpha value is -3.19. The van der Waals surface area contributed by atoms with E-state index in [2.05, 4.69) is 4.74 Å². The molecule has 2 aromatic carbocycles. The van der Waals surface area contributed by atoms with Crippen LogP contribution in [0.1, 0.15) is 30.5 Å². The Morgan fingerprint density at radius 1 is 1.14 bits per heavy atom. The monoisotopic (exact) mass is 516 g/mol. The molecule has 1 aliphatic rings. The molecule has 0 aliphatic carbocycles. The molecule has 3 atom stereocenters. The Morgan fingerprint density at radius 2 is 1.74 bits per heavy atom. The number of nitrogens with zero attached hydrogens (tertiary/aromatic N) is 2. The van der Waals surface area contributed by atoms with Crippen LogP contribution in [0.15, 0.2) is 53.4 Å². The lowest BCUT2D eigenvalue weighted by molar-refractivity contribution is -0.532. The van der Waals surface area contributed by atoms with Gasteiger partial charge in [0.2, 0.25) is 16.1 Å². The van der Waals surface area contributed by atoms with E-state index in [0.29, 0.717) is 0 Å². The van der Waals surface area contributed by atoms with Crippen LogP contribution in [0.4, 0.5) is 13.2 Å². The first kappa shape index (κ1) is 26.4. The zero-order chi connectivity index (χ0) is 26.0. The molecule has 1 aliphatic heterocycles. The fraction of sp³-hybridized carbons (Fsp3) is 0.409. The SMILES string of the molecule is CCOC(=O)C[C@@H]1CN(S(=O)(=O)c2ccc(C)cc2)[C@H](c2ccc(OC(F)(F)F)cc2)[C@H]1[N+](=O)[O-]. The van der Waals surface area contributed by atoms with Gasteiger partial charge in [-0.1, -0.05) is 29.8 Å². The van der Waals surface area contributed by atoms with E-state index >= 15 is 0 Å². The molecule has 0 spiro atoms. The van der Waals surface area contributed by atoms with E-state index in [1.165, 1.54) is 12.1 Å². The molecule has 0 amide bonds. The second-order valence-corrected chi connectivity index (χ2v) is 9.89. The minimum atomic E-state index is -4.94. The average Bonchev–Trinajstić information content (AvgIpc) is 3.13. The predicted octanol–water partition coefficient (Wildman–Crippen LogP) is 3.85. The van der Waals surface area contributed by atoms with Gasteiger partial charge in [0.1, 0.15) is 11.8 Å². The van der Waals surface area contributed by atoms with Gasteiger partial charge < -0.3 is 9.47 Å². The number of alkyl halides is 3. The summed E-state index contributed by atoms with van der Waals surface area (Å²) in [5.74, 6) is -2.31. The molecule has 13 heteroatoms. The highest BCUT2D eigenvalue weighted by Crippen LogP contribution is 2.43. The lowest BCUT2D eigenvalue weighted by atomic mass is 9.92. The quantitative estimate of drug-likeness (QED) is 0.297. The number of aryl methyl sites for hydroxylation is 1. The first-order valence-corrected chi connectivity index (χ1v) is 12.0. The van der Waals surface area contributed by atoms with Crippen molar-refractivity contribution in [2.75, 3.05) is 13.2 Å². The van der Waals surface area contributed by atoms with Gasteiger partial charge in [0.05, 0.1) is 23.8 Å². The molecule has 9 nitrogen and oxygen atoms in total. The Bertz CT molecular complexity index is 1170. The van der Waals surface area contributed by atoms with Gasteiger partial charge in [-0.05, 0) is 43.7 Å². The van der Waals surface area contributed by atoms with Crippen molar-refractivity contribution in [3.8, 4) is 5.75 Å². The molecule has 0 unspecified atom stereocenters. The maximum atomic E-state index is 13.5. The zero-order valence-electron chi connectivity index (χ0n) is 18.8. The second-order valence-electron chi connectivity index (χ2n) is 7.99.